The topological polar surface area (TPSA) is 66.0 Å². The second-order valence-corrected chi connectivity index (χ2v) is 6.15. The van der Waals surface area contributed by atoms with Gasteiger partial charge in [-0.1, -0.05) is 6.07 Å². The van der Waals surface area contributed by atoms with Crippen molar-refractivity contribution in [2.45, 2.75) is 6.54 Å². The molecule has 1 aliphatic rings. The first-order valence-electron chi connectivity index (χ1n) is 8.27. The predicted octanol–water partition coefficient (Wildman–Crippen LogP) is 4.44. The molecule has 0 atom stereocenters. The smallest absolute Gasteiger partial charge is 0.163 e. The van der Waals surface area contributed by atoms with Crippen LogP contribution in [0, 0.1) is 5.82 Å². The lowest BCUT2D eigenvalue weighted by molar-refractivity contribution is 0.628. The number of benzene rings is 2. The second-order valence-electron chi connectivity index (χ2n) is 6.15. The van der Waals surface area contributed by atoms with E-state index in [4.69, 9.17) is 0 Å². The van der Waals surface area contributed by atoms with Gasteiger partial charge in [0.1, 0.15) is 17.3 Å². The molecule has 5 nitrogen and oxygen atoms in total. The average Bonchev–Trinajstić information content (AvgIpc) is 3.30. The van der Waals surface area contributed by atoms with E-state index in [2.05, 4.69) is 37.4 Å². The van der Waals surface area contributed by atoms with E-state index in [-0.39, 0.29) is 5.82 Å². The molecule has 0 fully saturated rings. The van der Waals surface area contributed by atoms with E-state index in [0.717, 1.165) is 34.4 Å². The number of nitrogens with zero attached hydrogens (tertiary/aromatic N) is 3. The van der Waals surface area contributed by atoms with Gasteiger partial charge in [0, 0.05) is 23.7 Å². The first-order chi connectivity index (χ1) is 12.8. The molecule has 126 valence electrons. The Morgan fingerprint density at radius 3 is 2.77 bits per heavy atom. The van der Waals surface area contributed by atoms with E-state index in [1.54, 1.807) is 12.1 Å². The second kappa shape index (κ2) is 5.77. The van der Waals surface area contributed by atoms with Crippen LogP contribution in [0.3, 0.4) is 0 Å². The molecule has 2 aromatic carbocycles. The number of hydrogen-bond donors (Lipinski definition) is 2. The van der Waals surface area contributed by atoms with E-state index in [0.29, 0.717) is 11.6 Å². The summed E-state index contributed by atoms with van der Waals surface area (Å²) in [4.78, 5) is 16.6. The molecular formula is C20H14FN5. The lowest BCUT2D eigenvalue weighted by atomic mass is 10.1. The number of rotatable bonds is 3. The van der Waals surface area contributed by atoms with Crippen molar-refractivity contribution in [1.29, 1.82) is 0 Å². The molecule has 4 aromatic rings. The molecule has 0 unspecified atom stereocenters. The van der Waals surface area contributed by atoms with Crippen LogP contribution in [0.5, 0.6) is 0 Å². The number of aromatic nitrogens is 3. The van der Waals surface area contributed by atoms with Gasteiger partial charge in [-0.3, -0.25) is 4.99 Å². The van der Waals surface area contributed by atoms with Crippen LogP contribution >= 0.6 is 0 Å². The molecule has 6 heteroatoms. The quantitative estimate of drug-likeness (QED) is 0.578. The molecule has 0 saturated heterocycles. The summed E-state index contributed by atoms with van der Waals surface area (Å²) in [5, 5.41) is 4.27. The van der Waals surface area contributed by atoms with Crippen molar-refractivity contribution in [2.75, 3.05) is 5.32 Å². The lowest BCUT2D eigenvalue weighted by Gasteiger charge is -2.10. The minimum atomic E-state index is -0.284. The fourth-order valence-electron chi connectivity index (χ4n) is 3.08. The van der Waals surface area contributed by atoms with Crippen LogP contribution in [0.2, 0.25) is 0 Å². The zero-order valence-corrected chi connectivity index (χ0v) is 13.7. The molecule has 3 heterocycles. The van der Waals surface area contributed by atoms with Gasteiger partial charge in [-0.2, -0.15) is 0 Å². The summed E-state index contributed by atoms with van der Waals surface area (Å²) in [5.74, 6) is 0.948. The van der Waals surface area contributed by atoms with Gasteiger partial charge in [0.15, 0.2) is 5.82 Å². The SMILES string of the molecule is Fc1ccc(-c2nc(Nc3ccc4c(c3)C=NC4)c3cc[nH]c3n2)cc1. The Kier molecular flexibility index (Phi) is 3.28. The van der Waals surface area contributed by atoms with Gasteiger partial charge < -0.3 is 10.3 Å². The van der Waals surface area contributed by atoms with Crippen LogP contribution in [0.25, 0.3) is 22.4 Å². The van der Waals surface area contributed by atoms with Crippen LogP contribution < -0.4 is 5.32 Å². The molecule has 1 aliphatic heterocycles. The van der Waals surface area contributed by atoms with Gasteiger partial charge in [0.25, 0.3) is 0 Å². The van der Waals surface area contributed by atoms with E-state index >= 15 is 0 Å². The molecule has 2 aromatic heterocycles. The van der Waals surface area contributed by atoms with Gasteiger partial charge in [-0.05, 0) is 53.6 Å². The van der Waals surface area contributed by atoms with Crippen molar-refractivity contribution in [2.24, 2.45) is 4.99 Å². The van der Waals surface area contributed by atoms with Crippen molar-refractivity contribution in [3.05, 3.63) is 71.7 Å². The third-order valence-electron chi connectivity index (χ3n) is 4.42. The predicted molar refractivity (Wildman–Crippen MR) is 100 cm³/mol. The van der Waals surface area contributed by atoms with Crippen LogP contribution in [0.1, 0.15) is 11.1 Å². The number of fused-ring (bicyclic) bond motifs is 2. The maximum Gasteiger partial charge on any atom is 0.163 e. The van der Waals surface area contributed by atoms with Crippen molar-refractivity contribution in [1.82, 2.24) is 15.0 Å². The highest BCUT2D eigenvalue weighted by Crippen LogP contribution is 2.28. The van der Waals surface area contributed by atoms with Crippen molar-refractivity contribution in [3.8, 4) is 11.4 Å². The number of aliphatic imine (C=N–C) groups is 1. The van der Waals surface area contributed by atoms with E-state index in [1.165, 1.54) is 17.7 Å². The molecule has 5 rings (SSSR count). The first-order valence-corrected chi connectivity index (χ1v) is 8.27. The minimum Gasteiger partial charge on any atom is -0.346 e. The highest BCUT2D eigenvalue weighted by atomic mass is 19.1. The number of halogens is 1. The van der Waals surface area contributed by atoms with E-state index < -0.39 is 0 Å². The Labute approximate surface area is 148 Å². The van der Waals surface area contributed by atoms with Crippen molar-refractivity contribution >= 4 is 28.8 Å². The highest BCUT2D eigenvalue weighted by Gasteiger charge is 2.12. The Balaban J connectivity index is 1.59. The standard InChI is InChI=1S/C20H14FN5/c21-15-4-1-12(2-5-15)18-25-19-17(7-8-23-19)20(26-18)24-16-6-3-13-10-22-11-14(13)9-16/h1-9,11H,10H2,(H2,23,24,25,26). The van der Waals surface area contributed by atoms with E-state index in [1.807, 2.05) is 24.5 Å². The number of anilines is 2. The fourth-order valence-corrected chi connectivity index (χ4v) is 3.08. The molecule has 26 heavy (non-hydrogen) atoms. The molecular weight excluding hydrogens is 329 g/mol. The molecule has 0 saturated carbocycles. The molecule has 0 spiro atoms. The zero-order valence-electron chi connectivity index (χ0n) is 13.7. The summed E-state index contributed by atoms with van der Waals surface area (Å²) in [5.41, 5.74) is 4.75. The summed E-state index contributed by atoms with van der Waals surface area (Å²) >= 11 is 0. The van der Waals surface area contributed by atoms with Crippen molar-refractivity contribution in [3.63, 3.8) is 0 Å². The average molecular weight is 343 g/mol. The lowest BCUT2D eigenvalue weighted by Crippen LogP contribution is -1.99. The summed E-state index contributed by atoms with van der Waals surface area (Å²) < 4.78 is 13.2. The molecule has 0 radical (unpaired) electrons. The van der Waals surface area contributed by atoms with Crippen LogP contribution in [-0.4, -0.2) is 21.2 Å². The maximum atomic E-state index is 13.2. The summed E-state index contributed by atoms with van der Waals surface area (Å²) in [6.45, 7) is 0.736. The number of hydrogen-bond acceptors (Lipinski definition) is 4. The number of nitrogens with one attached hydrogen (secondary N) is 2. The van der Waals surface area contributed by atoms with Gasteiger partial charge in [-0.15, -0.1) is 0 Å². The summed E-state index contributed by atoms with van der Waals surface area (Å²) in [7, 11) is 0. The van der Waals surface area contributed by atoms with Gasteiger partial charge in [-0.25, -0.2) is 14.4 Å². The third-order valence-corrected chi connectivity index (χ3v) is 4.42. The molecule has 2 N–H and O–H groups in total. The molecule has 0 bridgehead atoms. The van der Waals surface area contributed by atoms with Crippen LogP contribution in [0.4, 0.5) is 15.9 Å². The van der Waals surface area contributed by atoms with E-state index in [9.17, 15) is 4.39 Å². The summed E-state index contributed by atoms with van der Waals surface area (Å²) in [6, 6.07) is 14.2. The third kappa shape index (κ3) is 2.52. The Hall–Kier alpha value is -3.54. The van der Waals surface area contributed by atoms with Crippen LogP contribution in [0.15, 0.2) is 59.7 Å². The Bertz CT molecular complexity index is 1140. The first kappa shape index (κ1) is 14.8. The Morgan fingerprint density at radius 2 is 1.88 bits per heavy atom. The van der Waals surface area contributed by atoms with Crippen LogP contribution in [-0.2, 0) is 6.54 Å². The number of H-pyrrole nitrogens is 1. The fraction of sp³-hybridized carbons (Fsp3) is 0.0500. The van der Waals surface area contributed by atoms with Gasteiger partial charge in [0.2, 0.25) is 0 Å². The zero-order chi connectivity index (χ0) is 17.5. The largest absolute Gasteiger partial charge is 0.346 e. The highest BCUT2D eigenvalue weighted by molar-refractivity contribution is 5.92. The normalized spacial score (nSPS) is 12.5. The summed E-state index contributed by atoms with van der Waals surface area (Å²) in [6.07, 6.45) is 3.71. The molecule has 0 amide bonds. The maximum absolute atomic E-state index is 13.2. The van der Waals surface area contributed by atoms with Crippen molar-refractivity contribution < 1.29 is 4.39 Å². The number of aromatic amines is 1. The van der Waals surface area contributed by atoms with Gasteiger partial charge in [0.05, 0.1) is 11.9 Å². The van der Waals surface area contributed by atoms with Gasteiger partial charge >= 0.3 is 0 Å². The minimum absolute atomic E-state index is 0.284. The monoisotopic (exact) mass is 343 g/mol. The molecule has 0 aliphatic carbocycles. The Morgan fingerprint density at radius 1 is 1.00 bits per heavy atom.